The summed E-state index contributed by atoms with van der Waals surface area (Å²) in [6.07, 6.45) is 9.31. The molecule has 1 amide bonds. The Kier molecular flexibility index (Phi) is 7.38. The molecule has 0 radical (unpaired) electrons. The van der Waals surface area contributed by atoms with Crippen LogP contribution >= 0.6 is 0 Å². The molecule has 12 heteroatoms. The van der Waals surface area contributed by atoms with Gasteiger partial charge in [0.05, 0.1) is 36.0 Å². The Labute approximate surface area is 256 Å². The van der Waals surface area contributed by atoms with E-state index >= 15 is 0 Å². The van der Waals surface area contributed by atoms with Crippen LogP contribution < -0.4 is 0 Å². The molecule has 0 aliphatic carbocycles. The number of aromatic nitrogens is 7. The van der Waals surface area contributed by atoms with Gasteiger partial charge in [0.25, 0.3) is 5.91 Å². The van der Waals surface area contributed by atoms with Gasteiger partial charge in [0.15, 0.2) is 11.4 Å². The Balaban J connectivity index is 1.20. The predicted octanol–water partition coefficient (Wildman–Crippen LogP) is 5.23. The number of hydrogen-bond acceptors (Lipinski definition) is 7. The molecule has 1 fully saturated rings. The average molecular weight is 605 g/mol. The number of ketones is 1. The van der Waals surface area contributed by atoms with Crippen molar-refractivity contribution in [3.05, 3.63) is 120 Å². The summed E-state index contributed by atoms with van der Waals surface area (Å²) in [5.74, 6) is -1.38. The molecule has 0 saturated carbocycles. The maximum Gasteiger partial charge on any atom is 0.253 e. The third-order valence-corrected chi connectivity index (χ3v) is 7.99. The van der Waals surface area contributed by atoms with Crippen LogP contribution in [0.3, 0.4) is 0 Å². The molecule has 10 nitrogen and oxygen atoms in total. The molecule has 1 aliphatic heterocycles. The van der Waals surface area contributed by atoms with Gasteiger partial charge in [-0.3, -0.25) is 14.6 Å². The van der Waals surface area contributed by atoms with Crippen molar-refractivity contribution >= 4 is 17.3 Å². The molecule has 5 aromatic heterocycles. The summed E-state index contributed by atoms with van der Waals surface area (Å²) < 4.78 is 31.0. The van der Waals surface area contributed by atoms with Crippen molar-refractivity contribution in [1.82, 2.24) is 39.0 Å². The summed E-state index contributed by atoms with van der Waals surface area (Å²) in [5.41, 5.74) is 4.60. The van der Waals surface area contributed by atoms with Crippen LogP contribution in [0.1, 0.15) is 45.3 Å². The molecule has 7 rings (SSSR count). The number of rotatable bonds is 7. The minimum Gasteiger partial charge on any atom is -0.338 e. The first kappa shape index (κ1) is 28.1. The van der Waals surface area contributed by atoms with Crippen LogP contribution in [-0.2, 0) is 6.42 Å². The van der Waals surface area contributed by atoms with Gasteiger partial charge in [-0.15, -0.1) is 0 Å². The van der Waals surface area contributed by atoms with Crippen LogP contribution in [0.4, 0.5) is 8.78 Å². The van der Waals surface area contributed by atoms with Crippen molar-refractivity contribution in [3.63, 3.8) is 0 Å². The average Bonchev–Trinajstić information content (AvgIpc) is 3.69. The molecular weight excluding hydrogens is 578 g/mol. The van der Waals surface area contributed by atoms with E-state index in [2.05, 4.69) is 19.5 Å². The number of imidazole rings is 2. The lowest BCUT2D eigenvalue weighted by atomic mass is 10.0. The van der Waals surface area contributed by atoms with Crippen LogP contribution in [0.25, 0.3) is 28.3 Å². The molecule has 1 saturated heterocycles. The maximum absolute atomic E-state index is 13.8. The van der Waals surface area contributed by atoms with E-state index in [1.807, 2.05) is 17.0 Å². The van der Waals surface area contributed by atoms with Gasteiger partial charge >= 0.3 is 0 Å². The van der Waals surface area contributed by atoms with E-state index in [4.69, 9.17) is 10.1 Å². The van der Waals surface area contributed by atoms with Gasteiger partial charge in [0.1, 0.15) is 11.5 Å². The fraction of sp³-hybridized carbons (Fsp3) is 0.182. The van der Waals surface area contributed by atoms with Crippen molar-refractivity contribution in [2.45, 2.75) is 25.3 Å². The number of Topliss-reactive ketones (excluding diaryl/α,β-unsaturated/α-hetero) is 1. The third kappa shape index (κ3) is 5.69. The number of carbonyl (C=O) groups is 2. The Hall–Kier alpha value is -5.65. The highest BCUT2D eigenvalue weighted by Crippen LogP contribution is 2.35. The Morgan fingerprint density at radius 3 is 2.38 bits per heavy atom. The lowest BCUT2D eigenvalue weighted by molar-refractivity contribution is 0.0694. The molecule has 0 N–H and O–H groups in total. The summed E-state index contributed by atoms with van der Waals surface area (Å²) in [6.45, 7) is 1.14. The third-order valence-electron chi connectivity index (χ3n) is 7.99. The highest BCUT2D eigenvalue weighted by atomic mass is 19.1. The number of halogens is 2. The van der Waals surface area contributed by atoms with Crippen molar-refractivity contribution < 1.29 is 18.4 Å². The second-order valence-corrected chi connectivity index (χ2v) is 10.8. The SMILES string of the molecule is O=C(Cc1cn2nc(-c3c(-c4ccc(F)cc4)ncn3C3CCN(C(=O)c4ccncc4)CC3)ccc2n1)c1ccnc(F)c1. The fourth-order valence-corrected chi connectivity index (χ4v) is 5.72. The molecule has 6 aromatic rings. The van der Waals surface area contributed by atoms with Crippen LogP contribution in [0.5, 0.6) is 0 Å². The Bertz CT molecular complexity index is 2020. The first-order valence-corrected chi connectivity index (χ1v) is 14.5. The van der Waals surface area contributed by atoms with Crippen molar-refractivity contribution in [1.29, 1.82) is 0 Å². The minimum atomic E-state index is -0.721. The molecule has 0 bridgehead atoms. The highest BCUT2D eigenvalue weighted by Gasteiger charge is 2.28. The summed E-state index contributed by atoms with van der Waals surface area (Å²) in [6, 6.07) is 15.9. The molecule has 45 heavy (non-hydrogen) atoms. The molecule has 0 unspecified atom stereocenters. The number of carbonyl (C=O) groups excluding carboxylic acids is 2. The highest BCUT2D eigenvalue weighted by molar-refractivity contribution is 5.97. The largest absolute Gasteiger partial charge is 0.338 e. The summed E-state index contributed by atoms with van der Waals surface area (Å²) in [5, 5.41) is 4.84. The number of fused-ring (bicyclic) bond motifs is 1. The van der Waals surface area contributed by atoms with Crippen LogP contribution in [0.15, 0.2) is 91.8 Å². The lowest BCUT2D eigenvalue weighted by Gasteiger charge is -2.33. The van der Waals surface area contributed by atoms with Crippen molar-refractivity contribution in [2.24, 2.45) is 0 Å². The van der Waals surface area contributed by atoms with Gasteiger partial charge in [-0.25, -0.2) is 23.9 Å². The van der Waals surface area contributed by atoms with E-state index in [0.29, 0.717) is 54.2 Å². The Morgan fingerprint density at radius 2 is 1.62 bits per heavy atom. The first-order valence-electron chi connectivity index (χ1n) is 14.5. The second kappa shape index (κ2) is 11.8. The fourth-order valence-electron chi connectivity index (χ4n) is 5.72. The van der Waals surface area contributed by atoms with Crippen LogP contribution in [0, 0.1) is 11.8 Å². The summed E-state index contributed by atoms with van der Waals surface area (Å²) in [7, 11) is 0. The Morgan fingerprint density at radius 1 is 0.867 bits per heavy atom. The van der Waals surface area contributed by atoms with E-state index in [9.17, 15) is 18.4 Å². The molecule has 1 aliphatic rings. The number of amides is 1. The summed E-state index contributed by atoms with van der Waals surface area (Å²) >= 11 is 0. The zero-order chi connectivity index (χ0) is 30.9. The van der Waals surface area contributed by atoms with Gasteiger partial charge in [0.2, 0.25) is 5.95 Å². The molecule has 6 heterocycles. The smallest absolute Gasteiger partial charge is 0.253 e. The van der Waals surface area contributed by atoms with E-state index < -0.39 is 5.95 Å². The molecule has 1 aromatic carbocycles. The minimum absolute atomic E-state index is 0.0238. The quantitative estimate of drug-likeness (QED) is 0.181. The van der Waals surface area contributed by atoms with Crippen molar-refractivity contribution in [2.75, 3.05) is 13.1 Å². The van der Waals surface area contributed by atoms with Gasteiger partial charge in [-0.2, -0.15) is 9.49 Å². The van der Waals surface area contributed by atoms with Gasteiger partial charge in [-0.1, -0.05) is 0 Å². The van der Waals surface area contributed by atoms with Crippen LogP contribution in [-0.4, -0.2) is 63.8 Å². The standard InChI is InChI=1S/C33H26F2N8O2/c34-24-3-1-21(2-4-24)31-32(42(20-38-31)26-10-15-41(16-11-26)33(45)22-7-12-36-13-8-22)27-5-6-30-39-25(19-43(30)40-27)18-28(44)23-9-14-37-29(35)17-23/h1-9,12-14,17,19-20,26H,10-11,15-16,18H2. The topological polar surface area (TPSA) is 111 Å². The zero-order valence-electron chi connectivity index (χ0n) is 23.9. The maximum atomic E-state index is 13.8. The van der Waals surface area contributed by atoms with Crippen LogP contribution in [0.2, 0.25) is 0 Å². The molecule has 0 atom stereocenters. The number of nitrogens with zero attached hydrogens (tertiary/aromatic N) is 8. The molecular formula is C33H26F2N8O2. The zero-order valence-corrected chi connectivity index (χ0v) is 23.9. The van der Waals surface area contributed by atoms with E-state index in [0.717, 1.165) is 17.3 Å². The number of piperidine rings is 1. The molecule has 0 spiro atoms. The van der Waals surface area contributed by atoms with E-state index in [1.165, 1.54) is 24.4 Å². The number of likely N-dealkylation sites (tertiary alicyclic amines) is 1. The van der Waals surface area contributed by atoms with E-state index in [-0.39, 0.29) is 35.5 Å². The van der Waals surface area contributed by atoms with Gasteiger partial charge in [0, 0.05) is 60.5 Å². The first-order chi connectivity index (χ1) is 21.9. The number of hydrogen-bond donors (Lipinski definition) is 0. The number of pyridine rings is 2. The summed E-state index contributed by atoms with van der Waals surface area (Å²) in [4.78, 5) is 44.4. The number of benzene rings is 1. The molecule has 224 valence electrons. The normalized spacial score (nSPS) is 13.8. The predicted molar refractivity (Wildman–Crippen MR) is 160 cm³/mol. The second-order valence-electron chi connectivity index (χ2n) is 10.8. The van der Waals surface area contributed by atoms with Gasteiger partial charge in [-0.05, 0) is 67.4 Å². The monoisotopic (exact) mass is 604 g/mol. The van der Waals surface area contributed by atoms with Crippen molar-refractivity contribution in [3.8, 4) is 22.6 Å². The van der Waals surface area contributed by atoms with E-state index in [1.54, 1.807) is 53.7 Å². The lowest BCUT2D eigenvalue weighted by Crippen LogP contribution is -2.39. The van der Waals surface area contributed by atoms with Gasteiger partial charge < -0.3 is 9.47 Å².